The summed E-state index contributed by atoms with van der Waals surface area (Å²) in [4.78, 5) is 0. The van der Waals surface area contributed by atoms with Crippen molar-refractivity contribution in [2.45, 2.75) is 51.9 Å². The molecule has 1 aliphatic rings. The molecule has 0 amide bonds. The zero-order valence-electron chi connectivity index (χ0n) is 9.29. The van der Waals surface area contributed by atoms with E-state index in [0.717, 1.165) is 13.1 Å². The Morgan fingerprint density at radius 1 is 1.00 bits per heavy atom. The van der Waals surface area contributed by atoms with E-state index in [1.165, 1.54) is 12.8 Å². The molecular formula is C10H22NOP. The van der Waals surface area contributed by atoms with Crippen LogP contribution in [0.15, 0.2) is 0 Å². The lowest BCUT2D eigenvalue weighted by Crippen LogP contribution is -2.26. The second-order valence-corrected chi connectivity index (χ2v) is 8.50. The average Bonchev–Trinajstić information content (AvgIpc) is 2.54. The van der Waals surface area contributed by atoms with Crippen molar-refractivity contribution in [2.75, 3.05) is 13.1 Å². The van der Waals surface area contributed by atoms with Gasteiger partial charge in [0.2, 0.25) is 0 Å². The van der Waals surface area contributed by atoms with Crippen molar-refractivity contribution in [2.24, 2.45) is 0 Å². The summed E-state index contributed by atoms with van der Waals surface area (Å²) >= 11 is 0. The number of rotatable bonds is 3. The van der Waals surface area contributed by atoms with Crippen LogP contribution in [0.3, 0.4) is 0 Å². The molecule has 0 aromatic carbocycles. The van der Waals surface area contributed by atoms with Gasteiger partial charge in [0.1, 0.15) is 0 Å². The summed E-state index contributed by atoms with van der Waals surface area (Å²) in [5.41, 5.74) is 0.621. The van der Waals surface area contributed by atoms with E-state index in [1.807, 2.05) is 0 Å². The van der Waals surface area contributed by atoms with Crippen molar-refractivity contribution in [3.05, 3.63) is 0 Å². The first-order chi connectivity index (χ1) is 5.99. The molecule has 0 unspecified atom stereocenters. The van der Waals surface area contributed by atoms with Crippen LogP contribution in [0, 0.1) is 0 Å². The van der Waals surface area contributed by atoms with Gasteiger partial charge in [0, 0.05) is 24.4 Å². The summed E-state index contributed by atoms with van der Waals surface area (Å²) in [6.45, 7) is 10.5. The summed E-state index contributed by atoms with van der Waals surface area (Å²) in [5, 5.41) is 0. The van der Waals surface area contributed by atoms with E-state index in [1.54, 1.807) is 0 Å². The van der Waals surface area contributed by atoms with E-state index < -0.39 is 7.29 Å². The summed E-state index contributed by atoms with van der Waals surface area (Å²) in [6.07, 6.45) is 2.45. The van der Waals surface area contributed by atoms with Crippen LogP contribution in [-0.2, 0) is 4.57 Å². The second kappa shape index (κ2) is 4.14. The molecule has 13 heavy (non-hydrogen) atoms. The molecule has 0 aliphatic carbocycles. The van der Waals surface area contributed by atoms with E-state index in [-0.39, 0.29) is 0 Å². The Bertz CT molecular complexity index is 195. The fourth-order valence-corrected chi connectivity index (χ4v) is 5.67. The molecule has 3 heteroatoms. The van der Waals surface area contributed by atoms with Gasteiger partial charge in [-0.2, -0.15) is 0 Å². The van der Waals surface area contributed by atoms with Crippen molar-refractivity contribution in [1.82, 2.24) is 4.67 Å². The Balaban J connectivity index is 2.83. The van der Waals surface area contributed by atoms with Crippen molar-refractivity contribution in [3.63, 3.8) is 0 Å². The highest BCUT2D eigenvalue weighted by Crippen LogP contribution is 2.59. The average molecular weight is 203 g/mol. The summed E-state index contributed by atoms with van der Waals surface area (Å²) in [7, 11) is -2.08. The molecule has 0 radical (unpaired) electrons. The quantitative estimate of drug-likeness (QED) is 0.656. The molecule has 1 fully saturated rings. The molecule has 2 nitrogen and oxygen atoms in total. The number of nitrogens with zero attached hydrogens (tertiary/aromatic N) is 1. The van der Waals surface area contributed by atoms with Crippen LogP contribution in [0.1, 0.15) is 40.5 Å². The van der Waals surface area contributed by atoms with Gasteiger partial charge in [0.05, 0.1) is 0 Å². The molecule has 1 rings (SSSR count). The Morgan fingerprint density at radius 2 is 1.38 bits per heavy atom. The zero-order chi connectivity index (χ0) is 10.1. The van der Waals surface area contributed by atoms with Gasteiger partial charge in [0.15, 0.2) is 7.29 Å². The molecule has 78 valence electrons. The van der Waals surface area contributed by atoms with Crippen LogP contribution in [-0.4, -0.2) is 29.1 Å². The van der Waals surface area contributed by atoms with E-state index in [4.69, 9.17) is 0 Å². The highest BCUT2D eigenvalue weighted by Gasteiger charge is 2.37. The summed E-state index contributed by atoms with van der Waals surface area (Å²) < 4.78 is 15.0. The number of hydrogen-bond acceptors (Lipinski definition) is 1. The first-order valence-electron chi connectivity index (χ1n) is 5.34. The van der Waals surface area contributed by atoms with Crippen molar-refractivity contribution in [3.8, 4) is 0 Å². The maximum Gasteiger partial charge on any atom is 0.155 e. The smallest absolute Gasteiger partial charge is 0.155 e. The molecule has 0 atom stereocenters. The van der Waals surface area contributed by atoms with Crippen molar-refractivity contribution >= 4 is 7.29 Å². The fraction of sp³-hybridized carbons (Fsp3) is 1.00. The number of hydrogen-bond donors (Lipinski definition) is 0. The molecule has 1 saturated heterocycles. The van der Waals surface area contributed by atoms with Gasteiger partial charge >= 0.3 is 0 Å². The molecule has 1 aliphatic heterocycles. The van der Waals surface area contributed by atoms with Crippen LogP contribution in [0.5, 0.6) is 0 Å². The second-order valence-electron chi connectivity index (χ2n) is 4.52. The predicted molar refractivity (Wildman–Crippen MR) is 58.7 cm³/mol. The topological polar surface area (TPSA) is 20.3 Å². The lowest BCUT2D eigenvalue weighted by atomic mass is 10.4. The Hall–Kier alpha value is 0.190. The highest BCUT2D eigenvalue weighted by molar-refractivity contribution is 7.62. The minimum atomic E-state index is -2.08. The monoisotopic (exact) mass is 203 g/mol. The van der Waals surface area contributed by atoms with Crippen LogP contribution >= 0.6 is 7.29 Å². The third kappa shape index (κ3) is 1.99. The molecule has 0 spiro atoms. The predicted octanol–water partition coefficient (Wildman–Crippen LogP) is 3.18. The largest absolute Gasteiger partial charge is 0.306 e. The van der Waals surface area contributed by atoms with E-state index in [0.29, 0.717) is 11.3 Å². The maximum absolute atomic E-state index is 12.7. The Morgan fingerprint density at radius 3 is 1.69 bits per heavy atom. The highest BCUT2D eigenvalue weighted by atomic mass is 31.2. The standard InChI is InChI=1S/C10H22NOP/c1-9(2)13(12,10(3)4)11-7-5-6-8-11/h9-10H,5-8H2,1-4H3. The zero-order valence-corrected chi connectivity index (χ0v) is 10.2. The van der Waals surface area contributed by atoms with Crippen molar-refractivity contribution in [1.29, 1.82) is 0 Å². The van der Waals surface area contributed by atoms with E-state index in [9.17, 15) is 4.57 Å². The first-order valence-corrected chi connectivity index (χ1v) is 7.14. The maximum atomic E-state index is 12.7. The molecular weight excluding hydrogens is 181 g/mol. The normalized spacial score (nSPS) is 20.5. The minimum absolute atomic E-state index is 0.311. The summed E-state index contributed by atoms with van der Waals surface area (Å²) in [5.74, 6) is 0. The molecule has 0 saturated carbocycles. The van der Waals surface area contributed by atoms with Gasteiger partial charge in [-0.1, -0.05) is 27.7 Å². The van der Waals surface area contributed by atoms with Crippen LogP contribution in [0.4, 0.5) is 0 Å². The first kappa shape index (κ1) is 11.3. The lowest BCUT2D eigenvalue weighted by Gasteiger charge is -2.34. The van der Waals surface area contributed by atoms with E-state index in [2.05, 4.69) is 32.4 Å². The fourth-order valence-electron chi connectivity index (χ4n) is 2.26. The molecule has 1 heterocycles. The Kier molecular flexibility index (Phi) is 3.59. The van der Waals surface area contributed by atoms with Crippen LogP contribution < -0.4 is 0 Å². The Labute approximate surface area is 82.1 Å². The van der Waals surface area contributed by atoms with E-state index >= 15 is 0 Å². The van der Waals surface area contributed by atoms with Gasteiger partial charge in [-0.05, 0) is 12.8 Å². The summed E-state index contributed by atoms with van der Waals surface area (Å²) in [6, 6.07) is 0. The van der Waals surface area contributed by atoms with Crippen LogP contribution in [0.25, 0.3) is 0 Å². The lowest BCUT2D eigenvalue weighted by molar-refractivity contribution is 0.458. The van der Waals surface area contributed by atoms with Gasteiger partial charge in [-0.3, -0.25) is 4.67 Å². The van der Waals surface area contributed by atoms with Gasteiger partial charge < -0.3 is 4.57 Å². The molecule has 0 bridgehead atoms. The van der Waals surface area contributed by atoms with Gasteiger partial charge in [0.25, 0.3) is 0 Å². The SMILES string of the molecule is CC(C)P(=O)(C(C)C)N1CCCC1. The minimum Gasteiger partial charge on any atom is -0.306 e. The van der Waals surface area contributed by atoms with Crippen molar-refractivity contribution < 1.29 is 4.57 Å². The molecule has 0 aromatic rings. The van der Waals surface area contributed by atoms with Gasteiger partial charge in [-0.25, -0.2) is 0 Å². The van der Waals surface area contributed by atoms with Crippen LogP contribution in [0.2, 0.25) is 0 Å². The van der Waals surface area contributed by atoms with Gasteiger partial charge in [-0.15, -0.1) is 0 Å². The molecule has 0 aromatic heterocycles. The molecule has 0 N–H and O–H groups in total. The third-order valence-electron chi connectivity index (χ3n) is 3.00. The third-order valence-corrected chi connectivity index (χ3v) is 7.25.